The molecule has 4 aliphatic heterocycles. The van der Waals surface area contributed by atoms with Crippen LogP contribution in [0.25, 0.3) is 0 Å². The zero-order chi connectivity index (χ0) is 42.4. The molecule has 11 atom stereocenters. The Kier molecular flexibility index (Phi) is 15.2. The molecule has 4 aliphatic rings. The van der Waals surface area contributed by atoms with Crippen molar-refractivity contribution >= 4 is 34.4 Å². The number of alkyl halides is 1. The number of hydrogen-bond donors (Lipinski definition) is 0. The monoisotopic (exact) mass is 968 g/mol. The van der Waals surface area contributed by atoms with Crippen LogP contribution in [0.2, 0.25) is 0 Å². The topological polar surface area (TPSA) is 102 Å². The Morgan fingerprint density at radius 2 is 1.15 bits per heavy atom. The fourth-order valence-corrected chi connectivity index (χ4v) is 9.69. The number of ether oxygens (including phenoxy) is 11. The van der Waals surface area contributed by atoms with Gasteiger partial charge >= 0.3 is 0 Å². The van der Waals surface area contributed by atoms with Gasteiger partial charge in [-0.2, -0.15) is 0 Å². The van der Waals surface area contributed by atoms with Gasteiger partial charge in [-0.15, -0.1) is 0 Å². The summed E-state index contributed by atoms with van der Waals surface area (Å²) in [6, 6.07) is 38.8. The van der Waals surface area contributed by atoms with Crippen LogP contribution >= 0.6 is 34.4 Å². The van der Waals surface area contributed by atoms with Crippen LogP contribution < -0.4 is 0 Å². The Morgan fingerprint density at radius 3 is 1.77 bits per heavy atom. The summed E-state index contributed by atoms with van der Waals surface area (Å²) in [5, 5.41) is 0. The number of benzene rings is 4. The van der Waals surface area contributed by atoms with Crippen LogP contribution in [0.3, 0.4) is 0 Å². The Labute approximate surface area is 377 Å². The molecule has 0 saturated carbocycles. The molecule has 61 heavy (non-hydrogen) atoms. The van der Waals surface area contributed by atoms with E-state index in [2.05, 4.69) is 90.2 Å². The summed E-state index contributed by atoms with van der Waals surface area (Å²) >= 11 is 3.89. The molecule has 4 saturated heterocycles. The van der Waals surface area contributed by atoms with Gasteiger partial charge in [-0.05, 0) is 63.4 Å². The maximum atomic E-state index is 7.11. The minimum absolute atomic E-state index is 0.157. The van der Waals surface area contributed by atoms with E-state index in [0.29, 0.717) is 24.2 Å². The van der Waals surface area contributed by atoms with E-state index in [1.54, 1.807) is 11.8 Å². The van der Waals surface area contributed by atoms with Crippen LogP contribution in [-0.2, 0) is 71.9 Å². The van der Waals surface area contributed by atoms with Crippen LogP contribution in [0.4, 0.5) is 0 Å². The van der Waals surface area contributed by atoms with Gasteiger partial charge in [0.2, 0.25) is 0 Å². The van der Waals surface area contributed by atoms with Crippen LogP contribution in [0.5, 0.6) is 0 Å². The fourth-order valence-electron chi connectivity index (χ4n) is 8.12. The zero-order valence-corrected chi connectivity index (χ0v) is 38.3. The summed E-state index contributed by atoms with van der Waals surface area (Å²) in [5.41, 5.74) is 3.77. The first-order valence-corrected chi connectivity index (χ1v) is 23.4. The highest BCUT2D eigenvalue weighted by Gasteiger charge is 2.61. The van der Waals surface area contributed by atoms with E-state index in [4.69, 9.17) is 52.1 Å². The lowest BCUT2D eigenvalue weighted by Crippen LogP contribution is -2.61. The molecule has 0 radical (unpaired) electrons. The smallest absolute Gasteiger partial charge is 0.190 e. The van der Waals surface area contributed by atoms with Gasteiger partial charge in [0.15, 0.2) is 24.2 Å². The first-order chi connectivity index (χ1) is 29.5. The number of fused-ring (bicyclic) bond motifs is 3. The average Bonchev–Trinajstić information content (AvgIpc) is 3.77. The van der Waals surface area contributed by atoms with Gasteiger partial charge in [0.25, 0.3) is 0 Å². The number of aryl methyl sites for hydroxylation is 1. The molecular formula is C48H57IO11S. The predicted molar refractivity (Wildman–Crippen MR) is 238 cm³/mol. The summed E-state index contributed by atoms with van der Waals surface area (Å²) in [7, 11) is 0. The molecule has 8 rings (SSSR count). The van der Waals surface area contributed by atoms with Gasteiger partial charge < -0.3 is 52.1 Å². The predicted octanol–water partition coefficient (Wildman–Crippen LogP) is 8.76. The maximum absolute atomic E-state index is 7.11. The van der Waals surface area contributed by atoms with E-state index in [1.807, 2.05) is 82.3 Å². The molecule has 4 heterocycles. The van der Waals surface area contributed by atoms with Gasteiger partial charge in [0, 0.05) is 4.90 Å². The summed E-state index contributed by atoms with van der Waals surface area (Å²) in [6.45, 7) is 11.2. The van der Waals surface area contributed by atoms with E-state index < -0.39 is 78.4 Å². The Morgan fingerprint density at radius 1 is 0.590 bits per heavy atom. The van der Waals surface area contributed by atoms with Crippen LogP contribution in [-0.4, -0.2) is 96.1 Å². The second-order valence-electron chi connectivity index (χ2n) is 16.7. The van der Waals surface area contributed by atoms with E-state index in [-0.39, 0.29) is 13.2 Å². The van der Waals surface area contributed by atoms with Gasteiger partial charge in [0.05, 0.1) is 37.5 Å². The molecular weight excluding hydrogens is 911 g/mol. The lowest BCUT2D eigenvalue weighted by molar-refractivity contribution is -0.291. The van der Waals surface area contributed by atoms with E-state index in [1.165, 1.54) is 5.56 Å². The van der Waals surface area contributed by atoms with Crippen molar-refractivity contribution in [3.05, 3.63) is 138 Å². The van der Waals surface area contributed by atoms with Crippen molar-refractivity contribution in [1.82, 2.24) is 0 Å². The summed E-state index contributed by atoms with van der Waals surface area (Å²) in [6.07, 6.45) is -5.46. The molecule has 4 aromatic rings. The average molecular weight is 969 g/mol. The highest BCUT2D eigenvalue weighted by Crippen LogP contribution is 2.45. The SMILES string of the molecule is Cc1ccc(S[C@@H]2O[C@H](COCc3ccccc3)[C@@H](OCc3ccccc3)[C@H](OCc3ccccc3)[C@H]2OC(CI)OC[C@H]2O[C@@H]3OC(C)(C)O[C@@H]3[C@H]3OC(C)(C)O[C@H]32)cc1. The van der Waals surface area contributed by atoms with Crippen molar-refractivity contribution < 1.29 is 52.1 Å². The van der Waals surface area contributed by atoms with E-state index in [0.717, 1.165) is 21.6 Å². The fraction of sp³-hybridized carbons (Fsp3) is 0.500. The van der Waals surface area contributed by atoms with Gasteiger partial charge in [-0.1, -0.05) is 143 Å². The molecule has 0 spiro atoms. The molecule has 4 aromatic carbocycles. The van der Waals surface area contributed by atoms with Crippen LogP contribution in [0.1, 0.15) is 49.9 Å². The van der Waals surface area contributed by atoms with Crippen molar-refractivity contribution in [2.24, 2.45) is 0 Å². The van der Waals surface area contributed by atoms with E-state index in [9.17, 15) is 0 Å². The highest BCUT2D eigenvalue weighted by atomic mass is 127. The Balaban J connectivity index is 1.08. The number of thioether (sulfide) groups is 1. The second kappa shape index (κ2) is 20.6. The van der Waals surface area contributed by atoms with Crippen molar-refractivity contribution in [2.45, 2.75) is 138 Å². The maximum Gasteiger partial charge on any atom is 0.190 e. The van der Waals surface area contributed by atoms with Crippen molar-refractivity contribution in [3.63, 3.8) is 0 Å². The van der Waals surface area contributed by atoms with Crippen LogP contribution in [0, 0.1) is 6.92 Å². The minimum Gasteiger partial charge on any atom is -0.374 e. The first-order valence-electron chi connectivity index (χ1n) is 21.0. The third-order valence-corrected chi connectivity index (χ3v) is 12.8. The molecule has 13 heteroatoms. The molecule has 0 bridgehead atoms. The summed E-state index contributed by atoms with van der Waals surface area (Å²) < 4.78 is 73.4. The van der Waals surface area contributed by atoms with Crippen molar-refractivity contribution in [3.8, 4) is 0 Å². The highest BCUT2D eigenvalue weighted by molar-refractivity contribution is 14.1. The van der Waals surface area contributed by atoms with Gasteiger partial charge in [0.1, 0.15) is 54.3 Å². The largest absolute Gasteiger partial charge is 0.374 e. The molecule has 0 aromatic heterocycles. The Hall–Kier alpha value is -2.48. The quantitative estimate of drug-likeness (QED) is 0.0542. The molecule has 0 aliphatic carbocycles. The molecule has 4 fully saturated rings. The minimum atomic E-state index is -0.833. The zero-order valence-electron chi connectivity index (χ0n) is 35.3. The standard InChI is InChI=1S/C48H57IO11S/c1-31-21-23-35(24-22-31)61-46-44(56-38(25-49)51-30-37-40-42(58-47(2,3)57-40)43-45(54-37)60-48(4,5)59-43)41(53-28-34-19-13-8-14-20-34)39(52-27-33-17-11-7-12-18-33)36(55-46)29-50-26-32-15-9-6-10-16-32/h6-24,36-46H,25-30H2,1-5H3/t36-,37-,38?,39-,40+,41+,42+,43-,44-,45-,46+/m1/s1. The molecule has 328 valence electrons. The van der Waals surface area contributed by atoms with E-state index >= 15 is 0 Å². The number of halogens is 1. The Bertz CT molecular complexity index is 1940. The summed E-state index contributed by atoms with van der Waals surface area (Å²) in [4.78, 5) is 1.03. The van der Waals surface area contributed by atoms with Crippen LogP contribution in [0.15, 0.2) is 120 Å². The second-order valence-corrected chi connectivity index (χ2v) is 18.8. The molecule has 0 N–H and O–H groups in total. The lowest BCUT2D eigenvalue weighted by atomic mass is 9.98. The summed E-state index contributed by atoms with van der Waals surface area (Å²) in [5.74, 6) is -1.66. The van der Waals surface area contributed by atoms with Crippen molar-refractivity contribution in [2.75, 3.05) is 17.6 Å². The number of rotatable bonds is 18. The third kappa shape index (κ3) is 11.8. The third-order valence-electron chi connectivity index (χ3n) is 11.0. The van der Waals surface area contributed by atoms with Gasteiger partial charge in [-0.25, -0.2) is 0 Å². The lowest BCUT2D eigenvalue weighted by Gasteiger charge is -2.46. The first kappa shape index (κ1) is 45.1. The molecule has 11 nitrogen and oxygen atoms in total. The van der Waals surface area contributed by atoms with Gasteiger partial charge in [-0.3, -0.25) is 0 Å². The molecule has 0 amide bonds. The number of hydrogen-bond acceptors (Lipinski definition) is 12. The van der Waals surface area contributed by atoms with Crippen molar-refractivity contribution in [1.29, 1.82) is 0 Å². The normalized spacial score (nSPS) is 30.7. The molecule has 1 unspecified atom stereocenters.